The number of hydrogen-bond donors (Lipinski definition) is 1. The Kier molecular flexibility index (Phi) is 3.27. The van der Waals surface area contributed by atoms with Crippen molar-refractivity contribution < 1.29 is 9.84 Å². The Morgan fingerprint density at radius 3 is 2.45 bits per heavy atom. The Balaban J connectivity index is 2.01. The molecule has 0 amide bonds. The first-order valence-electron chi connectivity index (χ1n) is 7.07. The average molecular weight is 268 g/mol. The molecule has 0 radical (unpaired) electrons. The van der Waals surface area contributed by atoms with Crippen LogP contribution in [0.4, 0.5) is 0 Å². The molecule has 1 N–H and O–H groups in total. The molecule has 0 saturated carbocycles. The largest absolute Gasteiger partial charge is 0.485 e. The summed E-state index contributed by atoms with van der Waals surface area (Å²) in [6.45, 7) is 6.23. The van der Waals surface area contributed by atoms with Crippen molar-refractivity contribution in [2.45, 2.75) is 39.4 Å². The zero-order chi connectivity index (χ0) is 14.3. The van der Waals surface area contributed by atoms with Crippen molar-refractivity contribution in [2.75, 3.05) is 0 Å². The Labute approximate surface area is 120 Å². The molecule has 104 valence electrons. The van der Waals surface area contributed by atoms with Crippen LogP contribution in [-0.2, 0) is 0 Å². The number of benzene rings is 2. The minimum Gasteiger partial charge on any atom is -0.485 e. The fourth-order valence-corrected chi connectivity index (χ4v) is 3.08. The Morgan fingerprint density at radius 2 is 1.75 bits per heavy atom. The van der Waals surface area contributed by atoms with Gasteiger partial charge in [0, 0.05) is 12.0 Å². The van der Waals surface area contributed by atoms with Gasteiger partial charge in [-0.15, -0.1) is 0 Å². The van der Waals surface area contributed by atoms with Gasteiger partial charge in [0.2, 0.25) is 0 Å². The molecule has 2 nitrogen and oxygen atoms in total. The number of aliphatic hydroxyl groups excluding tert-OH is 1. The number of ether oxygens (including phenoxy) is 1. The standard InChI is InChI=1S/C18H20O2/c1-11-7-8-16-14(9-11)15(19)10-17(20-16)18-12(2)5-4-6-13(18)3/h4-9,15,17,19H,10H2,1-3H3. The average Bonchev–Trinajstić information content (AvgIpc) is 2.39. The lowest BCUT2D eigenvalue weighted by Gasteiger charge is -2.31. The SMILES string of the molecule is Cc1ccc2c(c1)C(O)CC(c1c(C)cccc1C)O2. The van der Waals surface area contributed by atoms with E-state index in [1.807, 2.05) is 25.1 Å². The van der Waals surface area contributed by atoms with Gasteiger partial charge in [0.1, 0.15) is 11.9 Å². The molecule has 0 fully saturated rings. The molecule has 2 aromatic carbocycles. The second kappa shape index (κ2) is 4.95. The second-order valence-corrected chi connectivity index (χ2v) is 5.70. The Hall–Kier alpha value is -1.80. The molecule has 1 heterocycles. The molecule has 2 atom stereocenters. The van der Waals surface area contributed by atoms with Gasteiger partial charge in [-0.3, -0.25) is 0 Å². The first kappa shape index (κ1) is 13.2. The molecule has 0 saturated heterocycles. The van der Waals surface area contributed by atoms with Crippen LogP contribution in [0.15, 0.2) is 36.4 Å². The van der Waals surface area contributed by atoms with Crippen LogP contribution in [0.3, 0.4) is 0 Å². The zero-order valence-corrected chi connectivity index (χ0v) is 12.2. The van der Waals surface area contributed by atoms with Crippen LogP contribution in [-0.4, -0.2) is 5.11 Å². The summed E-state index contributed by atoms with van der Waals surface area (Å²) in [7, 11) is 0. The van der Waals surface area contributed by atoms with E-state index < -0.39 is 6.10 Å². The third-order valence-electron chi connectivity index (χ3n) is 4.09. The molecular formula is C18H20O2. The maximum absolute atomic E-state index is 10.4. The van der Waals surface area contributed by atoms with Gasteiger partial charge < -0.3 is 9.84 Å². The van der Waals surface area contributed by atoms with Crippen molar-refractivity contribution in [3.8, 4) is 5.75 Å². The molecule has 20 heavy (non-hydrogen) atoms. The lowest BCUT2D eigenvalue weighted by molar-refractivity contribution is 0.0651. The number of rotatable bonds is 1. The van der Waals surface area contributed by atoms with E-state index in [1.165, 1.54) is 16.7 Å². The van der Waals surface area contributed by atoms with Gasteiger partial charge in [-0.2, -0.15) is 0 Å². The molecule has 1 aliphatic rings. The quantitative estimate of drug-likeness (QED) is 0.841. The molecule has 0 aromatic heterocycles. The van der Waals surface area contributed by atoms with Gasteiger partial charge in [0.25, 0.3) is 0 Å². The smallest absolute Gasteiger partial charge is 0.127 e. The zero-order valence-electron chi connectivity index (χ0n) is 12.2. The normalized spacial score (nSPS) is 21.2. The van der Waals surface area contributed by atoms with Gasteiger partial charge in [-0.05, 0) is 49.6 Å². The number of fused-ring (bicyclic) bond motifs is 1. The summed E-state index contributed by atoms with van der Waals surface area (Å²) in [5.74, 6) is 0.807. The molecular weight excluding hydrogens is 248 g/mol. The van der Waals surface area contributed by atoms with Crippen LogP contribution >= 0.6 is 0 Å². The predicted octanol–water partition coefficient (Wildman–Crippen LogP) is 4.17. The fraction of sp³-hybridized carbons (Fsp3) is 0.333. The van der Waals surface area contributed by atoms with E-state index in [9.17, 15) is 5.11 Å². The van der Waals surface area contributed by atoms with Crippen LogP contribution < -0.4 is 4.74 Å². The number of aliphatic hydroxyl groups is 1. The minimum atomic E-state index is -0.456. The van der Waals surface area contributed by atoms with E-state index in [1.54, 1.807) is 0 Å². The van der Waals surface area contributed by atoms with Crippen molar-refractivity contribution in [1.29, 1.82) is 0 Å². The summed E-state index contributed by atoms with van der Waals surface area (Å²) in [6.07, 6.45) is 0.0892. The summed E-state index contributed by atoms with van der Waals surface area (Å²) in [5, 5.41) is 10.4. The number of hydrogen-bond acceptors (Lipinski definition) is 2. The molecule has 0 aliphatic carbocycles. The highest BCUT2D eigenvalue weighted by molar-refractivity contribution is 5.43. The van der Waals surface area contributed by atoms with Crippen molar-refractivity contribution in [3.63, 3.8) is 0 Å². The molecule has 0 bridgehead atoms. The summed E-state index contributed by atoms with van der Waals surface area (Å²) < 4.78 is 6.15. The first-order chi connectivity index (χ1) is 9.56. The van der Waals surface area contributed by atoms with Crippen LogP contribution in [0.1, 0.15) is 46.4 Å². The molecule has 1 aliphatic heterocycles. The fourth-order valence-electron chi connectivity index (χ4n) is 3.08. The van der Waals surface area contributed by atoms with E-state index in [0.717, 1.165) is 16.9 Å². The first-order valence-corrected chi connectivity index (χ1v) is 7.07. The lowest BCUT2D eigenvalue weighted by Crippen LogP contribution is -2.20. The Bertz CT molecular complexity index is 626. The summed E-state index contributed by atoms with van der Waals surface area (Å²) in [4.78, 5) is 0. The predicted molar refractivity (Wildman–Crippen MR) is 80.0 cm³/mol. The van der Waals surface area contributed by atoms with Gasteiger partial charge in [-0.25, -0.2) is 0 Å². The third-order valence-corrected chi connectivity index (χ3v) is 4.09. The topological polar surface area (TPSA) is 29.5 Å². The lowest BCUT2D eigenvalue weighted by atomic mass is 9.90. The molecule has 0 spiro atoms. The molecule has 2 aromatic rings. The van der Waals surface area contributed by atoms with E-state index in [-0.39, 0.29) is 6.10 Å². The minimum absolute atomic E-state index is 0.0681. The van der Waals surface area contributed by atoms with Crippen LogP contribution in [0.5, 0.6) is 5.75 Å². The van der Waals surface area contributed by atoms with E-state index in [2.05, 4.69) is 32.0 Å². The highest BCUT2D eigenvalue weighted by Gasteiger charge is 2.29. The summed E-state index contributed by atoms with van der Waals surface area (Å²) in [6, 6.07) is 12.3. The number of aryl methyl sites for hydroxylation is 3. The van der Waals surface area contributed by atoms with Crippen LogP contribution in [0, 0.1) is 20.8 Å². The maximum atomic E-state index is 10.4. The van der Waals surface area contributed by atoms with Gasteiger partial charge in [-0.1, -0.05) is 29.8 Å². The van der Waals surface area contributed by atoms with E-state index >= 15 is 0 Å². The second-order valence-electron chi connectivity index (χ2n) is 5.70. The third kappa shape index (κ3) is 2.20. The van der Waals surface area contributed by atoms with Crippen molar-refractivity contribution >= 4 is 0 Å². The molecule has 3 rings (SSSR count). The van der Waals surface area contributed by atoms with Crippen molar-refractivity contribution in [3.05, 3.63) is 64.2 Å². The van der Waals surface area contributed by atoms with E-state index in [4.69, 9.17) is 4.74 Å². The molecule has 2 unspecified atom stereocenters. The van der Waals surface area contributed by atoms with Gasteiger partial charge >= 0.3 is 0 Å². The van der Waals surface area contributed by atoms with Gasteiger partial charge in [0.15, 0.2) is 0 Å². The van der Waals surface area contributed by atoms with Gasteiger partial charge in [0.05, 0.1) is 6.10 Å². The van der Waals surface area contributed by atoms with E-state index in [0.29, 0.717) is 6.42 Å². The monoisotopic (exact) mass is 268 g/mol. The van der Waals surface area contributed by atoms with Crippen LogP contribution in [0.2, 0.25) is 0 Å². The highest BCUT2D eigenvalue weighted by Crippen LogP contribution is 2.42. The highest BCUT2D eigenvalue weighted by atomic mass is 16.5. The summed E-state index contributed by atoms with van der Waals surface area (Å²) >= 11 is 0. The summed E-state index contributed by atoms with van der Waals surface area (Å²) in [5.41, 5.74) is 5.71. The molecule has 2 heteroatoms. The van der Waals surface area contributed by atoms with Crippen molar-refractivity contribution in [1.82, 2.24) is 0 Å². The van der Waals surface area contributed by atoms with Crippen LogP contribution in [0.25, 0.3) is 0 Å². The Morgan fingerprint density at radius 1 is 1.05 bits per heavy atom. The maximum Gasteiger partial charge on any atom is 0.127 e. The van der Waals surface area contributed by atoms with Crippen molar-refractivity contribution in [2.24, 2.45) is 0 Å².